The van der Waals surface area contributed by atoms with Crippen molar-refractivity contribution in [1.82, 2.24) is 19.9 Å². The van der Waals surface area contributed by atoms with Crippen molar-refractivity contribution in [3.8, 4) is 5.75 Å². The van der Waals surface area contributed by atoms with Crippen molar-refractivity contribution in [2.24, 2.45) is 0 Å². The van der Waals surface area contributed by atoms with Gasteiger partial charge in [-0.1, -0.05) is 6.07 Å². The molecule has 8 heteroatoms. The number of pyridine rings is 2. The minimum atomic E-state index is -0.142. The van der Waals surface area contributed by atoms with Crippen LogP contribution in [0.1, 0.15) is 23.2 Å². The first-order valence-electron chi connectivity index (χ1n) is 8.64. The first-order valence-corrected chi connectivity index (χ1v) is 9.79. The number of H-pyrrole nitrogens is 1. The third kappa shape index (κ3) is 5.82. The molecule has 0 amide bonds. The molecule has 27 heavy (non-hydrogen) atoms. The van der Waals surface area contributed by atoms with Gasteiger partial charge in [-0.2, -0.15) is 11.8 Å². The molecule has 7 nitrogen and oxygen atoms in total. The predicted molar refractivity (Wildman–Crippen MR) is 107 cm³/mol. The summed E-state index contributed by atoms with van der Waals surface area (Å²) >= 11 is 1.70. The van der Waals surface area contributed by atoms with E-state index in [2.05, 4.69) is 25.3 Å². The monoisotopic (exact) mass is 383 g/mol. The molecule has 0 aromatic carbocycles. The highest BCUT2D eigenvalue weighted by Gasteiger charge is 2.05. The van der Waals surface area contributed by atoms with Crippen LogP contribution in [0, 0.1) is 0 Å². The van der Waals surface area contributed by atoms with E-state index in [0.29, 0.717) is 35.9 Å². The Labute approximate surface area is 161 Å². The molecule has 0 radical (unpaired) electrons. The van der Waals surface area contributed by atoms with Gasteiger partial charge in [0.15, 0.2) is 0 Å². The molecule has 140 valence electrons. The molecule has 3 N–H and O–H groups in total. The van der Waals surface area contributed by atoms with E-state index in [1.54, 1.807) is 48.7 Å². The lowest BCUT2D eigenvalue weighted by Crippen LogP contribution is -2.17. The van der Waals surface area contributed by atoms with Gasteiger partial charge in [-0.3, -0.25) is 19.7 Å². The highest BCUT2D eigenvalue weighted by molar-refractivity contribution is 7.98. The minimum absolute atomic E-state index is 0.142. The van der Waals surface area contributed by atoms with Crippen LogP contribution in [0.2, 0.25) is 0 Å². The zero-order chi connectivity index (χ0) is 18.9. The topological polar surface area (TPSA) is 104 Å². The maximum absolute atomic E-state index is 12.2. The number of hydrogen-bond donors (Lipinski definition) is 3. The molecule has 3 aromatic heterocycles. The Balaban J connectivity index is 1.40. The lowest BCUT2D eigenvalue weighted by atomic mass is 10.1. The summed E-state index contributed by atoms with van der Waals surface area (Å²) in [5.41, 5.74) is 2.14. The number of aromatic hydroxyl groups is 1. The molecule has 0 aliphatic heterocycles. The molecule has 0 aliphatic carbocycles. The predicted octanol–water partition coefficient (Wildman–Crippen LogP) is 2.59. The maximum Gasteiger partial charge on any atom is 0.255 e. The average Bonchev–Trinajstić information content (AvgIpc) is 2.69. The summed E-state index contributed by atoms with van der Waals surface area (Å²) in [4.78, 5) is 27.4. The van der Waals surface area contributed by atoms with Gasteiger partial charge >= 0.3 is 0 Å². The quantitative estimate of drug-likeness (QED) is 0.488. The van der Waals surface area contributed by atoms with E-state index in [0.717, 1.165) is 17.7 Å². The van der Waals surface area contributed by atoms with E-state index in [1.165, 1.54) is 0 Å². The van der Waals surface area contributed by atoms with Gasteiger partial charge < -0.3 is 10.4 Å². The molecular formula is C19H21N5O2S. The number of nitrogens with zero attached hydrogens (tertiary/aromatic N) is 3. The third-order valence-electron chi connectivity index (χ3n) is 3.85. The molecule has 0 atom stereocenters. The molecule has 0 aliphatic rings. The highest BCUT2D eigenvalue weighted by atomic mass is 32.2. The summed E-state index contributed by atoms with van der Waals surface area (Å²) in [6.45, 7) is 0.700. The van der Waals surface area contributed by atoms with Crippen molar-refractivity contribution in [3.05, 3.63) is 76.2 Å². The van der Waals surface area contributed by atoms with Gasteiger partial charge in [0.2, 0.25) is 5.95 Å². The molecule has 3 heterocycles. The molecule has 3 rings (SSSR count). The molecule has 0 unspecified atom stereocenters. The van der Waals surface area contributed by atoms with Gasteiger partial charge in [0.05, 0.1) is 5.69 Å². The summed E-state index contributed by atoms with van der Waals surface area (Å²) in [6.07, 6.45) is 8.14. The van der Waals surface area contributed by atoms with E-state index >= 15 is 0 Å². The lowest BCUT2D eigenvalue weighted by molar-refractivity contribution is 0.467. The third-order valence-corrected chi connectivity index (χ3v) is 4.91. The number of aromatic nitrogens is 4. The smallest absolute Gasteiger partial charge is 0.255 e. The summed E-state index contributed by atoms with van der Waals surface area (Å²) in [6, 6.07) is 7.13. The van der Waals surface area contributed by atoms with E-state index in [-0.39, 0.29) is 11.3 Å². The SMILES string of the molecule is O=c1[nH]c(NCCCSCc2ncccc2O)ncc1Cc1cccnc1. The maximum atomic E-state index is 12.2. The fourth-order valence-electron chi connectivity index (χ4n) is 2.45. The molecule has 0 spiro atoms. The molecule has 0 saturated heterocycles. The van der Waals surface area contributed by atoms with Crippen LogP contribution in [-0.2, 0) is 12.2 Å². The first kappa shape index (κ1) is 18.9. The van der Waals surface area contributed by atoms with Crippen LogP contribution in [0.15, 0.2) is 53.8 Å². The van der Waals surface area contributed by atoms with E-state index in [9.17, 15) is 9.90 Å². The Morgan fingerprint density at radius 3 is 2.81 bits per heavy atom. The first-order chi connectivity index (χ1) is 13.2. The summed E-state index contributed by atoms with van der Waals surface area (Å²) in [7, 11) is 0. The van der Waals surface area contributed by atoms with Crippen LogP contribution >= 0.6 is 11.8 Å². The van der Waals surface area contributed by atoms with Crippen molar-refractivity contribution in [1.29, 1.82) is 0 Å². The number of rotatable bonds is 9. The van der Waals surface area contributed by atoms with Crippen LogP contribution < -0.4 is 10.9 Å². The van der Waals surface area contributed by atoms with E-state index < -0.39 is 0 Å². The van der Waals surface area contributed by atoms with Crippen molar-refractivity contribution < 1.29 is 5.11 Å². The van der Waals surface area contributed by atoms with Crippen LogP contribution in [0.3, 0.4) is 0 Å². The van der Waals surface area contributed by atoms with Crippen molar-refractivity contribution >= 4 is 17.7 Å². The Kier molecular flexibility index (Phi) is 6.81. The van der Waals surface area contributed by atoms with Crippen LogP contribution in [0.25, 0.3) is 0 Å². The number of thioether (sulfide) groups is 1. The second-order valence-electron chi connectivity index (χ2n) is 5.93. The van der Waals surface area contributed by atoms with Crippen molar-refractivity contribution in [2.45, 2.75) is 18.6 Å². The van der Waals surface area contributed by atoms with Gasteiger partial charge in [0, 0.05) is 49.1 Å². The van der Waals surface area contributed by atoms with Crippen LogP contribution in [-0.4, -0.2) is 37.3 Å². The Hall–Kier alpha value is -2.87. The van der Waals surface area contributed by atoms with Crippen molar-refractivity contribution in [2.75, 3.05) is 17.6 Å². The lowest BCUT2D eigenvalue weighted by Gasteiger charge is -2.07. The van der Waals surface area contributed by atoms with E-state index in [4.69, 9.17) is 0 Å². The van der Waals surface area contributed by atoms with Gasteiger partial charge in [0.1, 0.15) is 5.75 Å². The molecular weight excluding hydrogens is 362 g/mol. The van der Waals surface area contributed by atoms with Gasteiger partial charge in [0.25, 0.3) is 5.56 Å². The molecule has 0 saturated carbocycles. The van der Waals surface area contributed by atoms with Gasteiger partial charge in [-0.05, 0) is 35.9 Å². The summed E-state index contributed by atoms with van der Waals surface area (Å²) in [5, 5.41) is 12.8. The zero-order valence-electron chi connectivity index (χ0n) is 14.8. The Morgan fingerprint density at radius 2 is 2.04 bits per heavy atom. The normalized spacial score (nSPS) is 10.7. The number of aromatic amines is 1. The Morgan fingerprint density at radius 1 is 1.15 bits per heavy atom. The molecule has 0 fully saturated rings. The fourth-order valence-corrected chi connectivity index (χ4v) is 3.36. The fraction of sp³-hybridized carbons (Fsp3) is 0.263. The molecule has 0 bridgehead atoms. The number of nitrogens with one attached hydrogen (secondary N) is 2. The molecule has 3 aromatic rings. The van der Waals surface area contributed by atoms with Crippen LogP contribution in [0.4, 0.5) is 5.95 Å². The second-order valence-corrected chi connectivity index (χ2v) is 7.03. The number of anilines is 1. The van der Waals surface area contributed by atoms with Crippen molar-refractivity contribution in [3.63, 3.8) is 0 Å². The largest absolute Gasteiger partial charge is 0.506 e. The van der Waals surface area contributed by atoms with Gasteiger partial charge in [-0.25, -0.2) is 4.98 Å². The average molecular weight is 383 g/mol. The standard InChI is InChI=1S/C19H21N5O2S/c25-17-5-2-7-21-16(17)13-27-9-3-8-22-19-23-12-15(18(26)24-19)10-14-4-1-6-20-11-14/h1-2,4-7,11-12,25H,3,8-10,13H2,(H2,22,23,24,26). The second kappa shape index (κ2) is 9.72. The van der Waals surface area contributed by atoms with Crippen LogP contribution in [0.5, 0.6) is 5.75 Å². The van der Waals surface area contributed by atoms with Gasteiger partial charge in [-0.15, -0.1) is 0 Å². The number of hydrogen-bond acceptors (Lipinski definition) is 7. The summed E-state index contributed by atoms with van der Waals surface area (Å²) < 4.78 is 0. The minimum Gasteiger partial charge on any atom is -0.506 e. The zero-order valence-corrected chi connectivity index (χ0v) is 15.6. The highest BCUT2D eigenvalue weighted by Crippen LogP contribution is 2.19. The van der Waals surface area contributed by atoms with E-state index in [1.807, 2.05) is 12.1 Å². The summed E-state index contributed by atoms with van der Waals surface area (Å²) in [5.74, 6) is 2.29. The Bertz CT molecular complexity index is 917.